The van der Waals surface area contributed by atoms with Crippen LogP contribution in [0.1, 0.15) is 26.7 Å². The third kappa shape index (κ3) is 1.66. The average molecular weight is 128 g/mol. The first-order chi connectivity index (χ1) is 4.27. The summed E-state index contributed by atoms with van der Waals surface area (Å²) in [6, 6.07) is 0. The van der Waals surface area contributed by atoms with Crippen molar-refractivity contribution in [1.29, 1.82) is 0 Å². The van der Waals surface area contributed by atoms with Crippen molar-refractivity contribution in [1.82, 2.24) is 10.6 Å². The molecule has 1 heterocycles. The molecule has 2 N–H and O–H groups in total. The third-order valence-corrected chi connectivity index (χ3v) is 1.91. The molecule has 0 saturated carbocycles. The lowest BCUT2D eigenvalue weighted by Crippen LogP contribution is -2.45. The highest BCUT2D eigenvalue weighted by atomic mass is 15.2. The molecule has 1 saturated heterocycles. The molecular formula is C7H16N2. The summed E-state index contributed by atoms with van der Waals surface area (Å²) in [5.41, 5.74) is 0.245. The van der Waals surface area contributed by atoms with Crippen molar-refractivity contribution in [2.45, 2.75) is 32.4 Å². The molecule has 54 valence electrons. The van der Waals surface area contributed by atoms with E-state index in [2.05, 4.69) is 24.5 Å². The van der Waals surface area contributed by atoms with Crippen LogP contribution in [0.25, 0.3) is 0 Å². The lowest BCUT2D eigenvalue weighted by atomic mass is 10.1. The van der Waals surface area contributed by atoms with Gasteiger partial charge in [0, 0.05) is 13.1 Å². The van der Waals surface area contributed by atoms with Crippen molar-refractivity contribution in [3.63, 3.8) is 0 Å². The second-order valence-corrected chi connectivity index (χ2v) is 2.94. The van der Waals surface area contributed by atoms with E-state index in [0.717, 1.165) is 13.1 Å². The molecular weight excluding hydrogens is 112 g/mol. The quantitative estimate of drug-likeness (QED) is 0.572. The maximum atomic E-state index is 3.42. The number of hydrogen-bond donors (Lipinski definition) is 2. The molecule has 0 unspecified atom stereocenters. The summed E-state index contributed by atoms with van der Waals surface area (Å²) in [5.74, 6) is 0. The van der Waals surface area contributed by atoms with Crippen molar-refractivity contribution >= 4 is 0 Å². The maximum absolute atomic E-state index is 3.42. The summed E-state index contributed by atoms with van der Waals surface area (Å²) in [6.45, 7) is 6.68. The molecule has 1 fully saturated rings. The van der Waals surface area contributed by atoms with Crippen LogP contribution >= 0.6 is 0 Å². The predicted octanol–water partition coefficient (Wildman–Crippen LogP) is 0.696. The van der Waals surface area contributed by atoms with E-state index in [9.17, 15) is 0 Å². The molecule has 2 heteroatoms. The Morgan fingerprint density at radius 3 is 2.33 bits per heavy atom. The second-order valence-electron chi connectivity index (χ2n) is 2.94. The van der Waals surface area contributed by atoms with E-state index in [1.54, 1.807) is 0 Å². The van der Waals surface area contributed by atoms with Crippen molar-refractivity contribution in [2.24, 2.45) is 0 Å². The number of nitrogens with one attached hydrogen (secondary N) is 2. The van der Waals surface area contributed by atoms with Gasteiger partial charge in [-0.2, -0.15) is 0 Å². The zero-order valence-electron chi connectivity index (χ0n) is 6.33. The van der Waals surface area contributed by atoms with Crippen molar-refractivity contribution < 1.29 is 0 Å². The second kappa shape index (κ2) is 2.67. The van der Waals surface area contributed by atoms with Crippen molar-refractivity contribution in [3.8, 4) is 0 Å². The van der Waals surface area contributed by atoms with Crippen LogP contribution in [-0.2, 0) is 0 Å². The van der Waals surface area contributed by atoms with Gasteiger partial charge in [0.05, 0.1) is 5.66 Å². The van der Waals surface area contributed by atoms with E-state index in [1.807, 2.05) is 0 Å². The lowest BCUT2D eigenvalue weighted by Gasteiger charge is -2.23. The van der Waals surface area contributed by atoms with Crippen LogP contribution in [-0.4, -0.2) is 18.8 Å². The smallest absolute Gasteiger partial charge is 0.0658 e. The monoisotopic (exact) mass is 128 g/mol. The molecule has 0 amide bonds. The van der Waals surface area contributed by atoms with Gasteiger partial charge in [-0.15, -0.1) is 0 Å². The minimum atomic E-state index is 0.245. The summed E-state index contributed by atoms with van der Waals surface area (Å²) in [6.07, 6.45) is 2.48. The minimum absolute atomic E-state index is 0.245. The fourth-order valence-electron chi connectivity index (χ4n) is 1.42. The first kappa shape index (κ1) is 7.03. The molecule has 1 aliphatic heterocycles. The highest BCUT2D eigenvalue weighted by Crippen LogP contribution is 2.10. The topological polar surface area (TPSA) is 24.1 Å². The molecule has 0 aromatic heterocycles. The van der Waals surface area contributed by atoms with Gasteiger partial charge in [0.25, 0.3) is 0 Å². The molecule has 0 atom stereocenters. The van der Waals surface area contributed by atoms with Crippen LogP contribution in [0.4, 0.5) is 0 Å². The minimum Gasteiger partial charge on any atom is -0.298 e. The van der Waals surface area contributed by atoms with Crippen LogP contribution < -0.4 is 10.6 Å². The average Bonchev–Trinajstić information content (AvgIpc) is 2.16. The van der Waals surface area contributed by atoms with E-state index in [-0.39, 0.29) is 5.66 Å². The van der Waals surface area contributed by atoms with Gasteiger partial charge in [0.2, 0.25) is 0 Å². The Balaban J connectivity index is 2.32. The SMILES string of the molecule is CCCC1(C)NCCN1. The van der Waals surface area contributed by atoms with Crippen LogP contribution in [0, 0.1) is 0 Å². The Bertz CT molecular complexity index is 84.9. The Kier molecular flexibility index (Phi) is 2.09. The predicted molar refractivity (Wildman–Crippen MR) is 39.3 cm³/mol. The van der Waals surface area contributed by atoms with Gasteiger partial charge >= 0.3 is 0 Å². The summed E-state index contributed by atoms with van der Waals surface area (Å²) >= 11 is 0. The molecule has 9 heavy (non-hydrogen) atoms. The largest absolute Gasteiger partial charge is 0.298 e. The van der Waals surface area contributed by atoms with Gasteiger partial charge in [-0.05, 0) is 13.3 Å². The molecule has 0 aromatic rings. The molecule has 1 aliphatic rings. The van der Waals surface area contributed by atoms with Gasteiger partial charge in [-0.3, -0.25) is 10.6 Å². The highest BCUT2D eigenvalue weighted by molar-refractivity contribution is 4.85. The van der Waals surface area contributed by atoms with Crippen LogP contribution in [0.2, 0.25) is 0 Å². The summed E-state index contributed by atoms with van der Waals surface area (Å²) in [5, 5.41) is 6.85. The van der Waals surface area contributed by atoms with Crippen LogP contribution in [0.15, 0.2) is 0 Å². The number of rotatable bonds is 2. The molecule has 2 nitrogen and oxygen atoms in total. The van der Waals surface area contributed by atoms with Crippen molar-refractivity contribution in [3.05, 3.63) is 0 Å². The lowest BCUT2D eigenvalue weighted by molar-refractivity contribution is 0.340. The summed E-state index contributed by atoms with van der Waals surface area (Å²) in [4.78, 5) is 0. The normalized spacial score (nSPS) is 24.7. The molecule has 0 radical (unpaired) electrons. The van der Waals surface area contributed by atoms with E-state index in [0.29, 0.717) is 0 Å². The first-order valence-corrected chi connectivity index (χ1v) is 3.77. The standard InChI is InChI=1S/C7H16N2/c1-3-4-7(2)8-5-6-9-7/h8-9H,3-6H2,1-2H3. The van der Waals surface area contributed by atoms with Gasteiger partial charge < -0.3 is 0 Å². The van der Waals surface area contributed by atoms with E-state index in [1.165, 1.54) is 12.8 Å². The van der Waals surface area contributed by atoms with Crippen LogP contribution in [0.5, 0.6) is 0 Å². The van der Waals surface area contributed by atoms with E-state index < -0.39 is 0 Å². The van der Waals surface area contributed by atoms with E-state index in [4.69, 9.17) is 0 Å². The molecule has 1 rings (SSSR count). The van der Waals surface area contributed by atoms with Crippen molar-refractivity contribution in [2.75, 3.05) is 13.1 Å². The van der Waals surface area contributed by atoms with Crippen LogP contribution in [0.3, 0.4) is 0 Å². The Labute approximate surface area is 57.0 Å². The third-order valence-electron chi connectivity index (χ3n) is 1.91. The Morgan fingerprint density at radius 1 is 1.33 bits per heavy atom. The highest BCUT2D eigenvalue weighted by Gasteiger charge is 2.25. The zero-order chi connectivity index (χ0) is 6.74. The van der Waals surface area contributed by atoms with E-state index >= 15 is 0 Å². The Morgan fingerprint density at radius 2 is 1.89 bits per heavy atom. The molecule has 0 spiro atoms. The Hall–Kier alpha value is -0.0800. The summed E-state index contributed by atoms with van der Waals surface area (Å²) < 4.78 is 0. The van der Waals surface area contributed by atoms with Gasteiger partial charge in [0.1, 0.15) is 0 Å². The van der Waals surface area contributed by atoms with Gasteiger partial charge in [-0.25, -0.2) is 0 Å². The molecule has 0 bridgehead atoms. The van der Waals surface area contributed by atoms with Gasteiger partial charge in [0.15, 0.2) is 0 Å². The number of hydrogen-bond acceptors (Lipinski definition) is 2. The zero-order valence-corrected chi connectivity index (χ0v) is 6.33. The van der Waals surface area contributed by atoms with Gasteiger partial charge in [-0.1, -0.05) is 13.3 Å². The first-order valence-electron chi connectivity index (χ1n) is 3.77. The summed E-state index contributed by atoms with van der Waals surface area (Å²) in [7, 11) is 0. The molecule has 0 aliphatic carbocycles. The fraction of sp³-hybridized carbons (Fsp3) is 1.00. The molecule has 0 aromatic carbocycles. The fourth-order valence-corrected chi connectivity index (χ4v) is 1.42. The maximum Gasteiger partial charge on any atom is 0.0658 e.